The number of alkyl halides is 1. The number of aliphatic hydroxyl groups is 1. The number of fused-ring (bicyclic) bond motifs is 3. The molecule has 0 amide bonds. The molecule has 4 atom stereocenters. The highest BCUT2D eigenvalue weighted by molar-refractivity contribution is 6.02. The number of hydrogen-bond acceptors (Lipinski definition) is 7. The van der Waals surface area contributed by atoms with E-state index in [0.29, 0.717) is 59.9 Å². The summed E-state index contributed by atoms with van der Waals surface area (Å²) in [5.74, 6) is 1.60. The number of aromatic nitrogens is 3. The van der Waals surface area contributed by atoms with Crippen molar-refractivity contribution in [1.82, 2.24) is 19.9 Å². The Balaban J connectivity index is 1.38. The molecule has 1 N–H and O–H groups in total. The molecule has 5 heterocycles. The number of benzene rings is 2. The molecular weight excluding hydrogens is 567 g/mol. The highest BCUT2D eigenvalue weighted by Crippen LogP contribution is 2.41. The van der Waals surface area contributed by atoms with Gasteiger partial charge in [-0.2, -0.15) is 9.97 Å². The van der Waals surface area contributed by atoms with Crippen molar-refractivity contribution in [3.63, 3.8) is 0 Å². The topological polar surface area (TPSA) is 74.6 Å². The lowest BCUT2D eigenvalue weighted by Gasteiger charge is -2.32. The third-order valence-electron chi connectivity index (χ3n) is 9.62. The van der Waals surface area contributed by atoms with Gasteiger partial charge in [0, 0.05) is 42.7 Å². The smallest absolute Gasteiger partial charge is 0.319 e. The van der Waals surface area contributed by atoms with Gasteiger partial charge in [-0.05, 0) is 57.0 Å². The number of terminal acetylenes is 1. The van der Waals surface area contributed by atoms with Crippen LogP contribution >= 0.6 is 0 Å². The Morgan fingerprint density at radius 2 is 2.02 bits per heavy atom. The highest BCUT2D eigenvalue weighted by Gasteiger charge is 2.49. The van der Waals surface area contributed by atoms with E-state index < -0.39 is 29.4 Å². The third kappa shape index (κ3) is 4.83. The summed E-state index contributed by atoms with van der Waals surface area (Å²) in [5.41, 5.74) is -0.0519. The van der Waals surface area contributed by atoms with E-state index in [0.717, 1.165) is 25.8 Å². The number of anilines is 1. The van der Waals surface area contributed by atoms with Crippen LogP contribution in [0.4, 0.5) is 19.0 Å². The largest absolute Gasteiger partial charge is 0.461 e. The molecule has 0 spiro atoms. The highest BCUT2D eigenvalue weighted by atomic mass is 19.1. The van der Waals surface area contributed by atoms with Crippen LogP contribution in [-0.4, -0.2) is 75.1 Å². The molecule has 2 aromatic heterocycles. The van der Waals surface area contributed by atoms with Gasteiger partial charge >= 0.3 is 6.01 Å². The molecule has 3 saturated heterocycles. The monoisotopic (exact) mass is 601 g/mol. The molecule has 3 fully saturated rings. The molecule has 2 aromatic carbocycles. The predicted molar refractivity (Wildman–Crippen MR) is 163 cm³/mol. The van der Waals surface area contributed by atoms with Crippen LogP contribution in [0.3, 0.4) is 0 Å². The van der Waals surface area contributed by atoms with Crippen molar-refractivity contribution < 1.29 is 23.0 Å². The Kier molecular flexibility index (Phi) is 7.34. The second-order valence-corrected chi connectivity index (χ2v) is 12.4. The average Bonchev–Trinajstić information content (AvgIpc) is 3.47. The number of hydrogen-bond donors (Lipinski definition) is 1. The Morgan fingerprint density at radius 3 is 2.86 bits per heavy atom. The lowest BCUT2D eigenvalue weighted by atomic mass is 9.95. The van der Waals surface area contributed by atoms with Crippen molar-refractivity contribution in [3.8, 4) is 29.6 Å². The Hall–Kier alpha value is -3.94. The number of rotatable bonds is 5. The minimum absolute atomic E-state index is 0.00245. The second-order valence-electron chi connectivity index (χ2n) is 12.4. The van der Waals surface area contributed by atoms with E-state index in [2.05, 4.69) is 20.8 Å². The molecule has 0 saturated carbocycles. The Labute approximate surface area is 254 Å². The van der Waals surface area contributed by atoms with Crippen LogP contribution in [0.5, 0.6) is 6.01 Å². The molecule has 7 nitrogen and oxygen atoms in total. The van der Waals surface area contributed by atoms with Crippen LogP contribution in [0.1, 0.15) is 51.0 Å². The van der Waals surface area contributed by atoms with Crippen LogP contribution < -0.4 is 9.64 Å². The molecule has 0 aliphatic carbocycles. The van der Waals surface area contributed by atoms with E-state index in [1.165, 1.54) is 12.3 Å². The van der Waals surface area contributed by atoms with Crippen molar-refractivity contribution in [2.75, 3.05) is 31.1 Å². The molecular formula is C34H34F3N5O2. The molecule has 7 rings (SSSR count). The SMILES string of the molecule is C#Cc1c(F)ccc2cccc(-c3ncc4c(N5CCCC(O)CC5C)nc(OC[C@@]56CCCN5C[C@H](F)C6)nc4c3F)c12. The maximum Gasteiger partial charge on any atom is 0.319 e. The van der Waals surface area contributed by atoms with Gasteiger partial charge in [-0.25, -0.2) is 13.2 Å². The van der Waals surface area contributed by atoms with E-state index in [-0.39, 0.29) is 35.4 Å². The number of ether oxygens (including phenoxy) is 1. The quantitative estimate of drug-likeness (QED) is 0.290. The summed E-state index contributed by atoms with van der Waals surface area (Å²) in [6, 6.07) is 8.01. The second kappa shape index (κ2) is 11.2. The zero-order valence-corrected chi connectivity index (χ0v) is 24.6. The van der Waals surface area contributed by atoms with Crippen molar-refractivity contribution in [2.24, 2.45) is 0 Å². The van der Waals surface area contributed by atoms with Gasteiger partial charge in [0.25, 0.3) is 0 Å². The van der Waals surface area contributed by atoms with Gasteiger partial charge in [-0.15, -0.1) is 6.42 Å². The summed E-state index contributed by atoms with van der Waals surface area (Å²) >= 11 is 0. The Bertz CT molecular complexity index is 1800. The first-order chi connectivity index (χ1) is 21.3. The van der Waals surface area contributed by atoms with E-state index in [1.54, 1.807) is 24.3 Å². The van der Waals surface area contributed by atoms with Crippen molar-refractivity contribution in [3.05, 3.63) is 53.7 Å². The molecule has 10 heteroatoms. The van der Waals surface area contributed by atoms with Crippen LogP contribution in [0.15, 0.2) is 36.5 Å². The molecule has 2 unspecified atom stereocenters. The minimum atomic E-state index is -0.916. The molecule has 3 aliphatic heterocycles. The van der Waals surface area contributed by atoms with Crippen LogP contribution in [0.25, 0.3) is 32.9 Å². The van der Waals surface area contributed by atoms with Crippen molar-refractivity contribution >= 4 is 27.5 Å². The fourth-order valence-corrected chi connectivity index (χ4v) is 7.50. The van der Waals surface area contributed by atoms with Gasteiger partial charge in [0.2, 0.25) is 0 Å². The fourth-order valence-electron chi connectivity index (χ4n) is 7.50. The number of pyridine rings is 1. The molecule has 0 radical (unpaired) electrons. The minimum Gasteiger partial charge on any atom is -0.461 e. The van der Waals surface area contributed by atoms with Gasteiger partial charge in [-0.1, -0.05) is 30.2 Å². The van der Waals surface area contributed by atoms with Gasteiger partial charge < -0.3 is 14.7 Å². The van der Waals surface area contributed by atoms with E-state index in [1.807, 2.05) is 11.8 Å². The van der Waals surface area contributed by atoms with E-state index >= 15 is 4.39 Å². The lowest BCUT2D eigenvalue weighted by Crippen LogP contribution is -2.43. The summed E-state index contributed by atoms with van der Waals surface area (Å²) in [6.45, 7) is 4.00. The molecule has 44 heavy (non-hydrogen) atoms. The van der Waals surface area contributed by atoms with Gasteiger partial charge in [0.05, 0.1) is 22.6 Å². The van der Waals surface area contributed by atoms with Crippen molar-refractivity contribution in [2.45, 2.75) is 69.3 Å². The Morgan fingerprint density at radius 1 is 1.16 bits per heavy atom. The first-order valence-corrected chi connectivity index (χ1v) is 15.3. The third-order valence-corrected chi connectivity index (χ3v) is 9.62. The van der Waals surface area contributed by atoms with E-state index in [9.17, 15) is 13.9 Å². The zero-order chi connectivity index (χ0) is 30.6. The molecule has 0 bridgehead atoms. The zero-order valence-electron chi connectivity index (χ0n) is 24.6. The summed E-state index contributed by atoms with van der Waals surface area (Å²) in [5, 5.41) is 11.9. The maximum absolute atomic E-state index is 16.7. The predicted octanol–water partition coefficient (Wildman–Crippen LogP) is 5.80. The molecule has 4 aromatic rings. The average molecular weight is 602 g/mol. The maximum atomic E-state index is 16.7. The van der Waals surface area contributed by atoms with Crippen LogP contribution in [0, 0.1) is 24.0 Å². The summed E-state index contributed by atoms with van der Waals surface area (Å²) in [4.78, 5) is 18.1. The van der Waals surface area contributed by atoms with Crippen LogP contribution in [-0.2, 0) is 0 Å². The van der Waals surface area contributed by atoms with Gasteiger partial charge in [0.1, 0.15) is 35.6 Å². The normalized spacial score (nSPS) is 25.7. The fraction of sp³-hybridized carbons (Fsp3) is 0.441. The number of halogens is 3. The van der Waals surface area contributed by atoms with E-state index in [4.69, 9.17) is 16.1 Å². The van der Waals surface area contributed by atoms with Crippen LogP contribution in [0.2, 0.25) is 0 Å². The number of aliphatic hydroxyl groups excluding tert-OH is 1. The van der Waals surface area contributed by atoms with Crippen molar-refractivity contribution in [1.29, 1.82) is 0 Å². The molecule has 3 aliphatic rings. The molecule has 228 valence electrons. The van der Waals surface area contributed by atoms with Gasteiger partial charge in [0.15, 0.2) is 5.82 Å². The number of nitrogens with zero attached hydrogens (tertiary/aromatic N) is 5. The first kappa shape index (κ1) is 28.8. The standard InChI is InChI=1S/C34H34F3N5O2/c1-3-24-27(36)11-10-21-7-4-9-25(28(21)24)30-29(37)31-26(17-38-30)32(42-14-5-8-23(43)15-20(42)2)40-33(39-31)44-19-34-12-6-13-41(34)18-22(35)16-34/h1,4,7,9-11,17,20,22-23,43H,5-6,8,12-16,18-19H2,2H3/t20?,22-,23?,34+/m1/s1. The summed E-state index contributed by atoms with van der Waals surface area (Å²) in [6.07, 6.45) is 9.94. The first-order valence-electron chi connectivity index (χ1n) is 15.3. The van der Waals surface area contributed by atoms with Gasteiger partial charge in [-0.3, -0.25) is 9.88 Å². The lowest BCUT2D eigenvalue weighted by molar-refractivity contribution is 0.107. The summed E-state index contributed by atoms with van der Waals surface area (Å²) < 4.78 is 52.2. The summed E-state index contributed by atoms with van der Waals surface area (Å²) in [7, 11) is 0.